The van der Waals surface area contributed by atoms with Gasteiger partial charge in [-0.15, -0.1) is 0 Å². The first-order valence-corrected chi connectivity index (χ1v) is 7.27. The van der Waals surface area contributed by atoms with Crippen molar-refractivity contribution in [1.29, 1.82) is 0 Å². The lowest BCUT2D eigenvalue weighted by molar-refractivity contribution is 0.557. The van der Waals surface area contributed by atoms with Gasteiger partial charge in [-0.2, -0.15) is 0 Å². The van der Waals surface area contributed by atoms with Crippen molar-refractivity contribution in [2.45, 2.75) is 33.2 Å². The molecule has 1 N–H and O–H groups in total. The normalized spacial score (nSPS) is 12.4. The van der Waals surface area contributed by atoms with Gasteiger partial charge >= 0.3 is 0 Å². The van der Waals surface area contributed by atoms with Crippen LogP contribution in [0, 0.1) is 25.5 Å². The molecule has 1 unspecified atom stereocenters. The van der Waals surface area contributed by atoms with Gasteiger partial charge in [-0.05, 0) is 55.6 Å². The number of benzene rings is 2. The molecule has 0 amide bonds. The second-order valence-electron chi connectivity index (χ2n) is 5.45. The van der Waals surface area contributed by atoms with Crippen molar-refractivity contribution in [2.24, 2.45) is 0 Å². The fourth-order valence-corrected chi connectivity index (χ4v) is 2.59. The summed E-state index contributed by atoms with van der Waals surface area (Å²) in [6, 6.07) is 9.65. The summed E-state index contributed by atoms with van der Waals surface area (Å²) in [6.07, 6.45) is 0.958. The van der Waals surface area contributed by atoms with Crippen LogP contribution in [0.25, 0.3) is 0 Å². The molecule has 0 saturated heterocycles. The van der Waals surface area contributed by atoms with Crippen molar-refractivity contribution in [3.8, 4) is 0 Å². The van der Waals surface area contributed by atoms with E-state index in [-0.39, 0.29) is 6.04 Å². The maximum absolute atomic E-state index is 13.5. The summed E-state index contributed by atoms with van der Waals surface area (Å²) >= 11 is 0. The lowest BCUT2D eigenvalue weighted by Gasteiger charge is -2.22. The van der Waals surface area contributed by atoms with Gasteiger partial charge in [-0.3, -0.25) is 0 Å². The van der Waals surface area contributed by atoms with Gasteiger partial charge in [0.2, 0.25) is 0 Å². The van der Waals surface area contributed by atoms with E-state index in [2.05, 4.69) is 18.3 Å². The molecule has 0 radical (unpaired) electrons. The van der Waals surface area contributed by atoms with Crippen LogP contribution in [-0.4, -0.2) is 6.54 Å². The van der Waals surface area contributed by atoms with Crippen molar-refractivity contribution >= 4 is 0 Å². The third kappa shape index (κ3) is 3.88. The van der Waals surface area contributed by atoms with Gasteiger partial charge in [0.1, 0.15) is 11.6 Å². The van der Waals surface area contributed by atoms with E-state index in [1.807, 2.05) is 26.0 Å². The Kier molecular flexibility index (Phi) is 5.07. The Labute approximate surface area is 125 Å². The highest BCUT2D eigenvalue weighted by atomic mass is 19.1. The lowest BCUT2D eigenvalue weighted by atomic mass is 9.93. The molecular formula is C18H21F2N. The molecule has 0 aliphatic rings. The quantitative estimate of drug-likeness (QED) is 0.843. The average Bonchev–Trinajstić information content (AvgIpc) is 2.40. The molecule has 2 aromatic carbocycles. The van der Waals surface area contributed by atoms with Gasteiger partial charge in [-0.1, -0.05) is 30.7 Å². The number of aryl methyl sites for hydroxylation is 2. The van der Waals surface area contributed by atoms with E-state index < -0.39 is 11.6 Å². The molecule has 21 heavy (non-hydrogen) atoms. The number of rotatable bonds is 5. The monoisotopic (exact) mass is 289 g/mol. The number of nitrogens with one attached hydrogen (secondary N) is 1. The summed E-state index contributed by atoms with van der Waals surface area (Å²) < 4.78 is 27.0. The molecule has 0 spiro atoms. The Morgan fingerprint density at radius 3 is 2.24 bits per heavy atom. The lowest BCUT2D eigenvalue weighted by Crippen LogP contribution is -2.24. The number of hydrogen-bond donors (Lipinski definition) is 1. The van der Waals surface area contributed by atoms with Crippen LogP contribution in [-0.2, 0) is 0 Å². The number of hydrogen-bond acceptors (Lipinski definition) is 1. The Hall–Kier alpha value is -1.74. The molecule has 0 bridgehead atoms. The van der Waals surface area contributed by atoms with E-state index in [9.17, 15) is 8.78 Å². The molecule has 2 aromatic rings. The van der Waals surface area contributed by atoms with Crippen LogP contribution in [0.4, 0.5) is 8.78 Å². The molecule has 0 heterocycles. The second kappa shape index (κ2) is 6.81. The minimum absolute atomic E-state index is 0.198. The topological polar surface area (TPSA) is 12.0 Å². The Bertz CT molecular complexity index is 602. The fraction of sp³-hybridized carbons (Fsp3) is 0.333. The molecule has 0 fully saturated rings. The van der Waals surface area contributed by atoms with Gasteiger partial charge in [0.05, 0.1) is 6.04 Å². The third-order valence-electron chi connectivity index (χ3n) is 3.55. The second-order valence-corrected chi connectivity index (χ2v) is 5.45. The first kappa shape index (κ1) is 15.6. The average molecular weight is 289 g/mol. The molecule has 0 saturated carbocycles. The van der Waals surface area contributed by atoms with Crippen LogP contribution >= 0.6 is 0 Å². The van der Waals surface area contributed by atoms with Gasteiger partial charge in [-0.25, -0.2) is 8.78 Å². The maximum Gasteiger partial charge on any atom is 0.126 e. The molecule has 0 aliphatic heterocycles. The van der Waals surface area contributed by atoms with Gasteiger partial charge < -0.3 is 5.32 Å². The van der Waals surface area contributed by atoms with Gasteiger partial charge in [0.15, 0.2) is 0 Å². The molecule has 2 rings (SSSR count). The van der Waals surface area contributed by atoms with E-state index >= 15 is 0 Å². The van der Waals surface area contributed by atoms with Crippen LogP contribution in [0.2, 0.25) is 0 Å². The maximum atomic E-state index is 13.5. The summed E-state index contributed by atoms with van der Waals surface area (Å²) in [5, 5.41) is 3.38. The van der Waals surface area contributed by atoms with Gasteiger partial charge in [0, 0.05) is 6.07 Å². The SMILES string of the molecule is CCCNC(c1cc(F)cc(F)c1)c1ccc(C)cc1C. The molecule has 3 heteroatoms. The van der Waals surface area contributed by atoms with E-state index in [4.69, 9.17) is 0 Å². The summed E-state index contributed by atoms with van der Waals surface area (Å²) in [5.41, 5.74) is 3.97. The van der Waals surface area contributed by atoms with Crippen LogP contribution in [0.3, 0.4) is 0 Å². The van der Waals surface area contributed by atoms with Crippen molar-refractivity contribution < 1.29 is 8.78 Å². The standard InChI is InChI=1S/C18H21F2N/c1-4-7-21-18(14-9-15(19)11-16(20)10-14)17-6-5-12(2)8-13(17)3/h5-6,8-11,18,21H,4,7H2,1-3H3. The van der Waals surface area contributed by atoms with Crippen molar-refractivity contribution in [2.75, 3.05) is 6.54 Å². The Morgan fingerprint density at radius 2 is 1.67 bits per heavy atom. The highest BCUT2D eigenvalue weighted by Gasteiger charge is 2.17. The minimum atomic E-state index is -0.543. The predicted molar refractivity (Wildman–Crippen MR) is 82.4 cm³/mol. The molecule has 112 valence electrons. The highest BCUT2D eigenvalue weighted by molar-refractivity contribution is 5.39. The van der Waals surface area contributed by atoms with E-state index in [0.29, 0.717) is 5.56 Å². The summed E-state index contributed by atoms with van der Waals surface area (Å²) in [5.74, 6) is -1.09. The largest absolute Gasteiger partial charge is 0.306 e. The molecule has 1 atom stereocenters. The van der Waals surface area contributed by atoms with E-state index in [1.165, 1.54) is 17.7 Å². The smallest absolute Gasteiger partial charge is 0.126 e. The first-order valence-electron chi connectivity index (χ1n) is 7.27. The zero-order chi connectivity index (χ0) is 15.4. The summed E-state index contributed by atoms with van der Waals surface area (Å²) in [4.78, 5) is 0. The Morgan fingerprint density at radius 1 is 1.00 bits per heavy atom. The van der Waals surface area contributed by atoms with E-state index in [1.54, 1.807) is 0 Å². The third-order valence-corrected chi connectivity index (χ3v) is 3.55. The fourth-order valence-electron chi connectivity index (χ4n) is 2.59. The van der Waals surface area contributed by atoms with Crippen LogP contribution in [0.5, 0.6) is 0 Å². The van der Waals surface area contributed by atoms with Gasteiger partial charge in [0.25, 0.3) is 0 Å². The highest BCUT2D eigenvalue weighted by Crippen LogP contribution is 2.27. The zero-order valence-corrected chi connectivity index (χ0v) is 12.7. The molecule has 0 aliphatic carbocycles. The zero-order valence-electron chi connectivity index (χ0n) is 12.7. The summed E-state index contributed by atoms with van der Waals surface area (Å²) in [7, 11) is 0. The van der Waals surface area contributed by atoms with Crippen molar-refractivity contribution in [3.63, 3.8) is 0 Å². The first-order chi connectivity index (χ1) is 10.0. The summed E-state index contributed by atoms with van der Waals surface area (Å²) in [6.45, 7) is 6.92. The van der Waals surface area contributed by atoms with Crippen LogP contribution < -0.4 is 5.32 Å². The Balaban J connectivity index is 2.46. The van der Waals surface area contributed by atoms with Crippen molar-refractivity contribution in [1.82, 2.24) is 5.32 Å². The van der Waals surface area contributed by atoms with E-state index in [0.717, 1.165) is 30.2 Å². The molecule has 0 aromatic heterocycles. The molecule has 1 nitrogen and oxygen atoms in total. The molecular weight excluding hydrogens is 268 g/mol. The van der Waals surface area contributed by atoms with Crippen LogP contribution in [0.15, 0.2) is 36.4 Å². The van der Waals surface area contributed by atoms with Crippen LogP contribution in [0.1, 0.15) is 41.6 Å². The minimum Gasteiger partial charge on any atom is -0.306 e. The number of halogens is 2. The predicted octanol–water partition coefficient (Wildman–Crippen LogP) is 4.67. The van der Waals surface area contributed by atoms with Crippen molar-refractivity contribution in [3.05, 3.63) is 70.3 Å².